The Labute approximate surface area is 125 Å². The van der Waals surface area contributed by atoms with Crippen molar-refractivity contribution in [2.24, 2.45) is 10.3 Å². The van der Waals surface area contributed by atoms with Crippen LogP contribution in [0, 0.1) is 0 Å². The van der Waals surface area contributed by atoms with Gasteiger partial charge in [-0.2, -0.15) is 0 Å². The number of primary sulfonamides is 2. The maximum Gasteiger partial charge on any atom is 0.238 e. The Hall–Kier alpha value is -0.350. The van der Waals surface area contributed by atoms with Crippen LogP contribution in [0.15, 0.2) is 32.5 Å². The van der Waals surface area contributed by atoms with Crippen molar-refractivity contribution in [3.63, 3.8) is 0 Å². The van der Waals surface area contributed by atoms with Crippen LogP contribution >= 0.6 is 34.8 Å². The van der Waals surface area contributed by atoms with Crippen LogP contribution in [0.4, 0.5) is 0 Å². The second-order valence-corrected chi connectivity index (χ2v) is 7.74. The van der Waals surface area contributed by atoms with Crippen LogP contribution in [0.25, 0.3) is 5.03 Å². The summed E-state index contributed by atoms with van der Waals surface area (Å²) in [5, 5.41) is 9.54. The third-order valence-corrected chi connectivity index (χ3v) is 4.83. The van der Waals surface area contributed by atoms with Gasteiger partial charge in [-0.3, -0.25) is 0 Å². The molecule has 1 aromatic carbocycles. The summed E-state index contributed by atoms with van der Waals surface area (Å²) in [6.07, 6.45) is 0. The van der Waals surface area contributed by atoms with E-state index >= 15 is 0 Å². The quantitative estimate of drug-likeness (QED) is 0.839. The first-order chi connectivity index (χ1) is 8.44. The minimum absolute atomic E-state index is 0.254. The van der Waals surface area contributed by atoms with Crippen molar-refractivity contribution >= 4 is 59.9 Å². The van der Waals surface area contributed by atoms with Crippen LogP contribution < -0.4 is 10.3 Å². The highest BCUT2D eigenvalue weighted by atomic mass is 35.5. The average molecular weight is 366 g/mol. The molecule has 1 rings (SSSR count). The number of hydrogen-bond acceptors (Lipinski definition) is 4. The van der Waals surface area contributed by atoms with E-state index in [9.17, 15) is 16.8 Å². The Morgan fingerprint density at radius 2 is 1.47 bits per heavy atom. The lowest BCUT2D eigenvalue weighted by atomic mass is 10.2. The van der Waals surface area contributed by atoms with Crippen molar-refractivity contribution in [1.29, 1.82) is 0 Å². The molecule has 0 radical (unpaired) electrons. The summed E-state index contributed by atoms with van der Waals surface area (Å²) < 4.78 is 44.7. The van der Waals surface area contributed by atoms with Crippen LogP contribution in [-0.2, 0) is 20.0 Å². The highest BCUT2D eigenvalue weighted by molar-refractivity contribution is 7.89. The van der Waals surface area contributed by atoms with Gasteiger partial charge >= 0.3 is 0 Å². The van der Waals surface area contributed by atoms with Crippen LogP contribution in [-0.4, -0.2) is 16.8 Å². The standard InChI is InChI=1S/C8H7Cl3N2O4S2/c9-7(8(10)11)5-3-4(18(12,14)15)1-2-6(5)19(13,16)17/h1-3H,(H2,12,14,15)(H2,13,16,17). The first-order valence-electron chi connectivity index (χ1n) is 4.35. The van der Waals surface area contributed by atoms with Crippen LogP contribution in [0.2, 0.25) is 0 Å². The number of benzene rings is 1. The van der Waals surface area contributed by atoms with Gasteiger partial charge in [0.2, 0.25) is 20.0 Å². The molecule has 0 aliphatic heterocycles. The number of hydrogen-bond donors (Lipinski definition) is 2. The van der Waals surface area contributed by atoms with Crippen LogP contribution in [0.1, 0.15) is 5.56 Å². The summed E-state index contributed by atoms with van der Waals surface area (Å²) >= 11 is 16.6. The average Bonchev–Trinajstić information content (AvgIpc) is 2.24. The molecule has 1 aromatic rings. The molecule has 19 heavy (non-hydrogen) atoms. The van der Waals surface area contributed by atoms with Crippen LogP contribution in [0.3, 0.4) is 0 Å². The first-order valence-corrected chi connectivity index (χ1v) is 8.58. The van der Waals surface area contributed by atoms with E-state index in [1.165, 1.54) is 0 Å². The Bertz CT molecular complexity index is 752. The van der Waals surface area contributed by atoms with E-state index in [4.69, 9.17) is 45.1 Å². The third kappa shape index (κ3) is 4.06. The van der Waals surface area contributed by atoms with E-state index in [0.29, 0.717) is 0 Å². The van der Waals surface area contributed by atoms with E-state index in [1.54, 1.807) is 0 Å². The van der Waals surface area contributed by atoms with Gasteiger partial charge in [0.1, 0.15) is 4.49 Å². The Morgan fingerprint density at radius 1 is 0.947 bits per heavy atom. The van der Waals surface area contributed by atoms with E-state index in [0.717, 1.165) is 18.2 Å². The number of nitrogens with two attached hydrogens (primary N) is 2. The van der Waals surface area contributed by atoms with E-state index < -0.39 is 29.4 Å². The molecule has 0 aliphatic rings. The van der Waals surface area contributed by atoms with Crippen LogP contribution in [0.5, 0.6) is 0 Å². The van der Waals surface area contributed by atoms with Crippen molar-refractivity contribution in [2.45, 2.75) is 9.79 Å². The number of halogens is 3. The molecule has 0 fully saturated rings. The largest absolute Gasteiger partial charge is 0.238 e. The summed E-state index contributed by atoms with van der Waals surface area (Å²) in [4.78, 5) is -0.786. The molecule has 0 atom stereocenters. The minimum Gasteiger partial charge on any atom is -0.225 e. The van der Waals surface area contributed by atoms with Crippen molar-refractivity contribution in [3.05, 3.63) is 28.3 Å². The van der Waals surface area contributed by atoms with Gasteiger partial charge in [-0.15, -0.1) is 0 Å². The summed E-state index contributed by atoms with van der Waals surface area (Å²) in [7, 11) is -8.20. The molecule has 0 unspecified atom stereocenters. The molecule has 4 N–H and O–H groups in total. The second-order valence-electron chi connectivity index (χ2n) is 3.32. The molecule has 0 aromatic heterocycles. The lowest BCUT2D eigenvalue weighted by molar-refractivity contribution is 0.593. The SMILES string of the molecule is NS(=O)(=O)c1ccc(S(N)(=O)=O)c(C(Cl)=C(Cl)Cl)c1. The van der Waals surface area contributed by atoms with Gasteiger partial charge < -0.3 is 0 Å². The van der Waals surface area contributed by atoms with E-state index in [-0.39, 0.29) is 15.5 Å². The molecular weight excluding hydrogens is 359 g/mol. The molecule has 0 bridgehead atoms. The van der Waals surface area contributed by atoms with Gasteiger partial charge in [0, 0.05) is 5.56 Å². The monoisotopic (exact) mass is 364 g/mol. The first kappa shape index (κ1) is 16.7. The minimum atomic E-state index is -4.15. The maximum atomic E-state index is 11.4. The molecule has 0 heterocycles. The fourth-order valence-corrected chi connectivity index (χ4v) is 2.89. The van der Waals surface area contributed by atoms with Gasteiger partial charge in [0.25, 0.3) is 0 Å². The molecule has 0 saturated heterocycles. The second kappa shape index (κ2) is 5.57. The summed E-state index contributed by atoms with van der Waals surface area (Å²) in [6.45, 7) is 0. The Kier molecular flexibility index (Phi) is 4.89. The predicted molar refractivity (Wildman–Crippen MR) is 73.7 cm³/mol. The Morgan fingerprint density at radius 3 is 1.84 bits per heavy atom. The van der Waals surface area contributed by atoms with Crippen molar-refractivity contribution in [1.82, 2.24) is 0 Å². The molecule has 0 saturated carbocycles. The van der Waals surface area contributed by atoms with Crippen molar-refractivity contribution in [3.8, 4) is 0 Å². The normalized spacial score (nSPS) is 12.3. The number of rotatable bonds is 3. The lowest BCUT2D eigenvalue weighted by Gasteiger charge is -2.09. The zero-order valence-electron chi connectivity index (χ0n) is 8.97. The fourth-order valence-electron chi connectivity index (χ4n) is 1.21. The highest BCUT2D eigenvalue weighted by Gasteiger charge is 2.20. The lowest BCUT2D eigenvalue weighted by Crippen LogP contribution is -2.16. The van der Waals surface area contributed by atoms with Gasteiger partial charge in [-0.1, -0.05) is 34.8 Å². The zero-order valence-corrected chi connectivity index (χ0v) is 12.9. The smallest absolute Gasteiger partial charge is 0.225 e. The molecule has 0 aliphatic carbocycles. The van der Waals surface area contributed by atoms with Gasteiger partial charge in [-0.25, -0.2) is 27.1 Å². The molecule has 0 spiro atoms. The van der Waals surface area contributed by atoms with Gasteiger partial charge in [0.15, 0.2) is 0 Å². The summed E-state index contributed by atoms with van der Waals surface area (Å²) in [6, 6.07) is 2.84. The van der Waals surface area contributed by atoms with Crippen molar-refractivity contribution in [2.75, 3.05) is 0 Å². The predicted octanol–water partition coefficient (Wildman–Crippen LogP) is 1.32. The van der Waals surface area contributed by atoms with Crippen molar-refractivity contribution < 1.29 is 16.8 Å². The molecule has 11 heteroatoms. The fraction of sp³-hybridized carbons (Fsp3) is 0. The highest BCUT2D eigenvalue weighted by Crippen LogP contribution is 2.33. The molecule has 106 valence electrons. The molecular formula is C8H7Cl3N2O4S2. The number of sulfonamides is 2. The molecule has 0 amide bonds. The third-order valence-electron chi connectivity index (χ3n) is 1.99. The summed E-state index contributed by atoms with van der Waals surface area (Å²) in [5.41, 5.74) is -0.254. The van der Waals surface area contributed by atoms with Gasteiger partial charge in [-0.05, 0) is 18.2 Å². The zero-order chi connectivity index (χ0) is 15.0. The topological polar surface area (TPSA) is 120 Å². The maximum absolute atomic E-state index is 11.4. The van der Waals surface area contributed by atoms with Gasteiger partial charge in [0.05, 0.1) is 14.8 Å². The Balaban J connectivity index is 3.78. The van der Waals surface area contributed by atoms with E-state index in [2.05, 4.69) is 0 Å². The molecule has 6 nitrogen and oxygen atoms in total. The summed E-state index contributed by atoms with van der Waals surface area (Å²) in [5.74, 6) is 0. The van der Waals surface area contributed by atoms with E-state index in [1.807, 2.05) is 0 Å².